The highest BCUT2D eigenvalue weighted by Crippen LogP contribution is 2.15. The lowest BCUT2D eigenvalue weighted by Gasteiger charge is -2.03. The van der Waals surface area contributed by atoms with Crippen LogP contribution in [0.5, 0.6) is 0 Å². The van der Waals surface area contributed by atoms with E-state index in [1.54, 1.807) is 6.08 Å². The maximum atomic E-state index is 9.96. The van der Waals surface area contributed by atoms with Gasteiger partial charge in [-0.2, -0.15) is 4.99 Å². The van der Waals surface area contributed by atoms with Crippen LogP contribution in [0.15, 0.2) is 29.3 Å². The molecule has 0 saturated carbocycles. The first-order chi connectivity index (χ1) is 5.74. The Labute approximate surface area is 71.9 Å². The van der Waals surface area contributed by atoms with Crippen LogP contribution in [-0.2, 0) is 4.79 Å². The van der Waals surface area contributed by atoms with Crippen LogP contribution in [0.3, 0.4) is 0 Å². The molecule has 0 radical (unpaired) electrons. The molecule has 1 aromatic rings. The number of benzene rings is 1. The van der Waals surface area contributed by atoms with Gasteiger partial charge < -0.3 is 0 Å². The van der Waals surface area contributed by atoms with Gasteiger partial charge in [-0.25, -0.2) is 4.79 Å². The van der Waals surface area contributed by atoms with E-state index >= 15 is 0 Å². The molecule has 0 fully saturated rings. The van der Waals surface area contributed by atoms with E-state index in [0.29, 0.717) is 0 Å². The highest BCUT2D eigenvalue weighted by Gasteiger charge is 2.00. The second-order valence-corrected chi connectivity index (χ2v) is 2.81. The highest BCUT2D eigenvalue weighted by atomic mass is 16.1. The van der Waals surface area contributed by atoms with E-state index in [1.165, 1.54) is 5.56 Å². The first-order valence-electron chi connectivity index (χ1n) is 3.87. The molecule has 0 unspecified atom stereocenters. The molecule has 0 amide bonds. The van der Waals surface area contributed by atoms with Crippen molar-refractivity contribution >= 4 is 6.08 Å². The number of carbonyl (C=O) groups excluding carboxylic acids is 1. The highest BCUT2D eigenvalue weighted by molar-refractivity contribution is 5.35. The Hall–Kier alpha value is -1.40. The maximum absolute atomic E-state index is 9.96. The van der Waals surface area contributed by atoms with Gasteiger partial charge in [0.25, 0.3) is 0 Å². The van der Waals surface area contributed by atoms with E-state index in [1.807, 2.05) is 38.1 Å². The van der Waals surface area contributed by atoms with Crippen LogP contribution in [0.2, 0.25) is 0 Å². The number of nitrogens with zero attached hydrogens (tertiary/aromatic N) is 1. The van der Waals surface area contributed by atoms with E-state index in [-0.39, 0.29) is 6.04 Å². The molecule has 0 aliphatic rings. The van der Waals surface area contributed by atoms with Crippen LogP contribution in [0, 0.1) is 6.92 Å². The van der Waals surface area contributed by atoms with Crippen molar-refractivity contribution < 1.29 is 4.79 Å². The second-order valence-electron chi connectivity index (χ2n) is 2.81. The van der Waals surface area contributed by atoms with Crippen molar-refractivity contribution in [2.24, 2.45) is 4.99 Å². The van der Waals surface area contributed by atoms with E-state index in [9.17, 15) is 4.79 Å². The Balaban J connectivity index is 2.89. The molecule has 0 aliphatic carbocycles. The number of hydrogen-bond donors (Lipinski definition) is 0. The molecule has 1 aromatic carbocycles. The van der Waals surface area contributed by atoms with Gasteiger partial charge in [0.2, 0.25) is 6.08 Å². The van der Waals surface area contributed by atoms with Crippen molar-refractivity contribution in [3.8, 4) is 0 Å². The van der Waals surface area contributed by atoms with E-state index in [4.69, 9.17) is 0 Å². The summed E-state index contributed by atoms with van der Waals surface area (Å²) in [6.45, 7) is 3.90. The summed E-state index contributed by atoms with van der Waals surface area (Å²) in [4.78, 5) is 13.6. The van der Waals surface area contributed by atoms with Crippen LogP contribution >= 0.6 is 0 Å². The van der Waals surface area contributed by atoms with Crippen LogP contribution in [0.1, 0.15) is 24.1 Å². The fourth-order valence-corrected chi connectivity index (χ4v) is 0.999. The molecule has 0 N–H and O–H groups in total. The normalized spacial score (nSPS) is 11.8. The van der Waals surface area contributed by atoms with E-state index in [0.717, 1.165) is 5.56 Å². The summed E-state index contributed by atoms with van der Waals surface area (Å²) in [5.74, 6) is 0. The van der Waals surface area contributed by atoms with Gasteiger partial charge in [0.15, 0.2) is 0 Å². The third kappa shape index (κ3) is 2.04. The Morgan fingerprint density at radius 1 is 1.33 bits per heavy atom. The van der Waals surface area contributed by atoms with Crippen LogP contribution in [0.25, 0.3) is 0 Å². The fraction of sp³-hybridized carbons (Fsp3) is 0.300. The van der Waals surface area contributed by atoms with Crippen molar-refractivity contribution in [1.82, 2.24) is 0 Å². The second kappa shape index (κ2) is 3.84. The van der Waals surface area contributed by atoms with Gasteiger partial charge in [0, 0.05) is 0 Å². The summed E-state index contributed by atoms with van der Waals surface area (Å²) in [6, 6.07) is 7.88. The monoisotopic (exact) mass is 161 g/mol. The van der Waals surface area contributed by atoms with Gasteiger partial charge in [0.05, 0.1) is 6.04 Å². The first kappa shape index (κ1) is 8.69. The smallest absolute Gasteiger partial charge is 0.211 e. The Kier molecular flexibility index (Phi) is 2.78. The fourth-order valence-electron chi connectivity index (χ4n) is 0.999. The lowest BCUT2D eigenvalue weighted by atomic mass is 10.1. The van der Waals surface area contributed by atoms with Crippen molar-refractivity contribution in [3.05, 3.63) is 35.4 Å². The largest absolute Gasteiger partial charge is 0.235 e. The zero-order chi connectivity index (χ0) is 8.97. The Morgan fingerprint density at radius 2 is 1.92 bits per heavy atom. The number of hydrogen-bond acceptors (Lipinski definition) is 2. The summed E-state index contributed by atoms with van der Waals surface area (Å²) in [5.41, 5.74) is 2.25. The maximum Gasteiger partial charge on any atom is 0.235 e. The summed E-state index contributed by atoms with van der Waals surface area (Å²) in [7, 11) is 0. The van der Waals surface area contributed by atoms with Gasteiger partial charge in [-0.1, -0.05) is 29.8 Å². The van der Waals surface area contributed by atoms with Crippen molar-refractivity contribution in [2.45, 2.75) is 19.9 Å². The van der Waals surface area contributed by atoms with Crippen molar-refractivity contribution in [1.29, 1.82) is 0 Å². The molecule has 2 nitrogen and oxygen atoms in total. The standard InChI is InChI=1S/C10H11NO/c1-8-3-5-10(6-4-8)9(2)11-7-12/h3-6,9H,1-2H3/t9-/m0/s1. The number of rotatable bonds is 2. The third-order valence-corrected chi connectivity index (χ3v) is 1.81. The minimum Gasteiger partial charge on any atom is -0.211 e. The molecule has 2 heteroatoms. The van der Waals surface area contributed by atoms with Crippen LogP contribution in [0.4, 0.5) is 0 Å². The summed E-state index contributed by atoms with van der Waals surface area (Å²) >= 11 is 0. The predicted octanol–water partition coefficient (Wildman–Crippen LogP) is 2.39. The molecule has 1 rings (SSSR count). The van der Waals surface area contributed by atoms with E-state index < -0.39 is 0 Å². The molecule has 0 spiro atoms. The average Bonchev–Trinajstić information content (AvgIpc) is 2.06. The lowest BCUT2D eigenvalue weighted by molar-refractivity contribution is 0.559. The Bertz CT molecular complexity index is 296. The summed E-state index contributed by atoms with van der Waals surface area (Å²) in [6.07, 6.45) is 1.56. The molecule has 0 aromatic heterocycles. The first-order valence-corrected chi connectivity index (χ1v) is 3.87. The quantitative estimate of drug-likeness (QED) is 0.483. The molecule has 0 bridgehead atoms. The zero-order valence-electron chi connectivity index (χ0n) is 7.24. The van der Waals surface area contributed by atoms with Crippen molar-refractivity contribution in [2.75, 3.05) is 0 Å². The minimum atomic E-state index is -0.0805. The number of aliphatic imine (C=N–C) groups is 1. The lowest BCUT2D eigenvalue weighted by Crippen LogP contribution is -1.88. The summed E-state index contributed by atoms with van der Waals surface area (Å²) < 4.78 is 0. The molecule has 1 atom stereocenters. The molecule has 0 aliphatic heterocycles. The van der Waals surface area contributed by atoms with Gasteiger partial charge in [-0.15, -0.1) is 0 Å². The average molecular weight is 161 g/mol. The number of aryl methyl sites for hydroxylation is 1. The van der Waals surface area contributed by atoms with Crippen molar-refractivity contribution in [3.63, 3.8) is 0 Å². The molecule has 0 heterocycles. The molecular weight excluding hydrogens is 150 g/mol. The van der Waals surface area contributed by atoms with Gasteiger partial charge in [0.1, 0.15) is 0 Å². The molecule has 62 valence electrons. The van der Waals surface area contributed by atoms with Gasteiger partial charge in [-0.3, -0.25) is 0 Å². The number of isocyanates is 1. The molecular formula is C10H11NO. The molecule has 0 saturated heterocycles. The van der Waals surface area contributed by atoms with Gasteiger partial charge >= 0.3 is 0 Å². The third-order valence-electron chi connectivity index (χ3n) is 1.81. The predicted molar refractivity (Wildman–Crippen MR) is 47.7 cm³/mol. The minimum absolute atomic E-state index is 0.0805. The summed E-state index contributed by atoms with van der Waals surface area (Å²) in [5, 5.41) is 0. The van der Waals surface area contributed by atoms with Crippen LogP contribution < -0.4 is 0 Å². The van der Waals surface area contributed by atoms with E-state index in [2.05, 4.69) is 4.99 Å². The SMILES string of the molecule is Cc1ccc([C@H](C)N=C=O)cc1. The van der Waals surface area contributed by atoms with Crippen LogP contribution in [-0.4, -0.2) is 6.08 Å². The topological polar surface area (TPSA) is 29.4 Å². The molecule has 12 heavy (non-hydrogen) atoms. The zero-order valence-corrected chi connectivity index (χ0v) is 7.24. The van der Waals surface area contributed by atoms with Gasteiger partial charge in [-0.05, 0) is 19.4 Å². The Morgan fingerprint density at radius 3 is 2.42 bits per heavy atom.